The largest absolute Gasteiger partial charge is 0.494 e. The number of imidazole rings is 1. The maximum Gasteiger partial charge on any atom is 0.261 e. The van der Waals surface area contributed by atoms with E-state index in [2.05, 4.69) is 9.97 Å². The Morgan fingerprint density at radius 2 is 1.89 bits per heavy atom. The van der Waals surface area contributed by atoms with Gasteiger partial charge in [0.05, 0.1) is 23.7 Å². The summed E-state index contributed by atoms with van der Waals surface area (Å²) in [5, 5.41) is 0. The van der Waals surface area contributed by atoms with Crippen LogP contribution in [0, 0.1) is 0 Å². The van der Waals surface area contributed by atoms with Crippen molar-refractivity contribution < 1.29 is 14.3 Å². The monoisotopic (exact) mass is 365 g/mol. The number of amides is 1. The Morgan fingerprint density at radius 1 is 1.15 bits per heavy atom. The highest BCUT2D eigenvalue weighted by molar-refractivity contribution is 5.79. The number of nitrogens with zero attached hydrogens (tertiary/aromatic N) is 2. The Kier molecular flexibility index (Phi) is 4.96. The minimum atomic E-state index is -0.0214. The van der Waals surface area contributed by atoms with Crippen molar-refractivity contribution in [3.05, 3.63) is 54.4 Å². The Bertz CT molecular complexity index is 887. The fraction of sp³-hybridized carbons (Fsp3) is 0.333. The molecule has 140 valence electrons. The molecule has 0 bridgehead atoms. The predicted molar refractivity (Wildman–Crippen MR) is 103 cm³/mol. The van der Waals surface area contributed by atoms with Gasteiger partial charge in [-0.2, -0.15) is 0 Å². The molecule has 1 atom stereocenters. The van der Waals surface area contributed by atoms with Crippen LogP contribution < -0.4 is 9.47 Å². The van der Waals surface area contributed by atoms with E-state index in [-0.39, 0.29) is 18.6 Å². The quantitative estimate of drug-likeness (QED) is 0.723. The third-order valence-corrected chi connectivity index (χ3v) is 4.79. The molecule has 2 heterocycles. The van der Waals surface area contributed by atoms with Gasteiger partial charge in [0.1, 0.15) is 17.3 Å². The van der Waals surface area contributed by atoms with Crippen LogP contribution in [-0.2, 0) is 4.79 Å². The number of rotatable bonds is 6. The van der Waals surface area contributed by atoms with Crippen LogP contribution in [0.4, 0.5) is 0 Å². The molecule has 4 rings (SSSR count). The molecule has 0 aliphatic carbocycles. The molecular weight excluding hydrogens is 342 g/mol. The standard InChI is InChI=1S/C21H23N3O3/c1-2-26-15-9-11-16(12-10-15)27-14-20(25)24-13-5-8-19(24)21-22-17-6-3-4-7-18(17)23-21/h3-4,6-7,9-12,19H,2,5,8,13-14H2,1H3,(H,22,23)/t19-/m0/s1. The molecule has 27 heavy (non-hydrogen) atoms. The Labute approximate surface area is 158 Å². The molecule has 1 aliphatic heterocycles. The van der Waals surface area contributed by atoms with Gasteiger partial charge in [-0.05, 0) is 56.2 Å². The molecule has 0 saturated carbocycles. The van der Waals surface area contributed by atoms with Crippen molar-refractivity contribution in [1.29, 1.82) is 0 Å². The van der Waals surface area contributed by atoms with Crippen molar-refractivity contribution in [1.82, 2.24) is 14.9 Å². The van der Waals surface area contributed by atoms with Crippen LogP contribution in [0.15, 0.2) is 48.5 Å². The maximum atomic E-state index is 12.7. The second kappa shape index (κ2) is 7.70. The number of aromatic nitrogens is 2. The Hall–Kier alpha value is -3.02. The minimum absolute atomic E-state index is 0.0186. The van der Waals surface area contributed by atoms with Crippen LogP contribution in [0.2, 0.25) is 0 Å². The van der Waals surface area contributed by atoms with Gasteiger partial charge < -0.3 is 19.4 Å². The summed E-state index contributed by atoms with van der Waals surface area (Å²) in [7, 11) is 0. The molecule has 1 aliphatic rings. The van der Waals surface area contributed by atoms with E-state index in [1.807, 2.05) is 60.4 Å². The second-order valence-corrected chi connectivity index (χ2v) is 6.58. The van der Waals surface area contributed by atoms with Crippen molar-refractivity contribution in [2.24, 2.45) is 0 Å². The fourth-order valence-electron chi connectivity index (χ4n) is 3.51. The molecule has 6 nitrogen and oxygen atoms in total. The average molecular weight is 365 g/mol. The molecule has 0 radical (unpaired) electrons. The Morgan fingerprint density at radius 3 is 2.63 bits per heavy atom. The van der Waals surface area contributed by atoms with Gasteiger partial charge in [0.25, 0.3) is 5.91 Å². The summed E-state index contributed by atoms with van der Waals surface area (Å²) < 4.78 is 11.1. The van der Waals surface area contributed by atoms with Gasteiger partial charge in [-0.3, -0.25) is 4.79 Å². The van der Waals surface area contributed by atoms with Crippen molar-refractivity contribution in [3.63, 3.8) is 0 Å². The molecule has 1 aromatic heterocycles. The lowest BCUT2D eigenvalue weighted by Gasteiger charge is -2.23. The summed E-state index contributed by atoms with van der Waals surface area (Å²) in [5.74, 6) is 2.28. The van der Waals surface area contributed by atoms with E-state index in [4.69, 9.17) is 9.47 Å². The van der Waals surface area contributed by atoms with Crippen molar-refractivity contribution in [2.75, 3.05) is 19.8 Å². The van der Waals surface area contributed by atoms with Crippen LogP contribution in [-0.4, -0.2) is 40.5 Å². The first-order valence-electron chi connectivity index (χ1n) is 9.34. The highest BCUT2D eigenvalue weighted by Crippen LogP contribution is 2.31. The molecule has 1 N–H and O–H groups in total. The third kappa shape index (κ3) is 3.74. The van der Waals surface area contributed by atoms with E-state index in [1.165, 1.54) is 0 Å². The minimum Gasteiger partial charge on any atom is -0.494 e. The number of aromatic amines is 1. The van der Waals surface area contributed by atoms with Crippen molar-refractivity contribution in [2.45, 2.75) is 25.8 Å². The van der Waals surface area contributed by atoms with Crippen LogP contribution in [0.3, 0.4) is 0 Å². The van der Waals surface area contributed by atoms with Crippen LogP contribution in [0.25, 0.3) is 11.0 Å². The smallest absolute Gasteiger partial charge is 0.261 e. The van der Waals surface area contributed by atoms with E-state index >= 15 is 0 Å². The highest BCUT2D eigenvalue weighted by atomic mass is 16.5. The molecule has 3 aromatic rings. The third-order valence-electron chi connectivity index (χ3n) is 4.79. The van der Waals surface area contributed by atoms with E-state index < -0.39 is 0 Å². The molecule has 1 fully saturated rings. The SMILES string of the molecule is CCOc1ccc(OCC(=O)N2CCC[C@H]2c2nc3ccccc3[nH]2)cc1. The van der Waals surface area contributed by atoms with Gasteiger partial charge in [0, 0.05) is 6.54 Å². The average Bonchev–Trinajstić information content (AvgIpc) is 3.34. The van der Waals surface area contributed by atoms with Gasteiger partial charge in [-0.25, -0.2) is 4.98 Å². The van der Waals surface area contributed by atoms with E-state index in [9.17, 15) is 4.79 Å². The highest BCUT2D eigenvalue weighted by Gasteiger charge is 2.32. The predicted octanol–water partition coefficient (Wildman–Crippen LogP) is 3.70. The fourth-order valence-corrected chi connectivity index (χ4v) is 3.51. The Balaban J connectivity index is 1.41. The molecule has 0 unspecified atom stereocenters. The number of ether oxygens (including phenoxy) is 2. The van der Waals surface area contributed by atoms with Gasteiger partial charge >= 0.3 is 0 Å². The number of likely N-dealkylation sites (tertiary alicyclic amines) is 1. The van der Waals surface area contributed by atoms with E-state index in [1.54, 1.807) is 0 Å². The van der Waals surface area contributed by atoms with Crippen LogP contribution in [0.1, 0.15) is 31.6 Å². The zero-order chi connectivity index (χ0) is 18.6. The number of nitrogens with one attached hydrogen (secondary N) is 1. The lowest BCUT2D eigenvalue weighted by atomic mass is 10.2. The number of H-pyrrole nitrogens is 1. The van der Waals surface area contributed by atoms with Gasteiger partial charge in [-0.15, -0.1) is 0 Å². The number of benzene rings is 2. The van der Waals surface area contributed by atoms with Crippen molar-refractivity contribution >= 4 is 16.9 Å². The first-order chi connectivity index (χ1) is 13.2. The second-order valence-electron chi connectivity index (χ2n) is 6.58. The molecular formula is C21H23N3O3. The van der Waals surface area contributed by atoms with Gasteiger partial charge in [0.15, 0.2) is 6.61 Å². The summed E-state index contributed by atoms with van der Waals surface area (Å²) in [5.41, 5.74) is 1.93. The normalized spacial score (nSPS) is 16.6. The number of carbonyl (C=O) groups excluding carboxylic acids is 1. The summed E-state index contributed by atoms with van der Waals surface area (Å²) in [6, 6.07) is 15.2. The molecule has 2 aromatic carbocycles. The zero-order valence-corrected chi connectivity index (χ0v) is 15.4. The van der Waals surface area contributed by atoms with Gasteiger partial charge in [0.2, 0.25) is 0 Å². The number of para-hydroxylation sites is 2. The first-order valence-corrected chi connectivity index (χ1v) is 9.34. The molecule has 1 amide bonds. The molecule has 0 spiro atoms. The molecule has 6 heteroatoms. The molecule has 1 saturated heterocycles. The summed E-state index contributed by atoms with van der Waals surface area (Å²) in [4.78, 5) is 22.6. The number of carbonyl (C=O) groups is 1. The van der Waals surface area contributed by atoms with Crippen LogP contribution in [0.5, 0.6) is 11.5 Å². The number of hydrogen-bond donors (Lipinski definition) is 1. The lowest BCUT2D eigenvalue weighted by Crippen LogP contribution is -2.34. The lowest BCUT2D eigenvalue weighted by molar-refractivity contribution is -0.134. The van der Waals surface area contributed by atoms with E-state index in [0.29, 0.717) is 12.4 Å². The van der Waals surface area contributed by atoms with Crippen molar-refractivity contribution in [3.8, 4) is 11.5 Å². The van der Waals surface area contributed by atoms with Crippen LogP contribution >= 0.6 is 0 Å². The maximum absolute atomic E-state index is 12.7. The summed E-state index contributed by atoms with van der Waals surface area (Å²) in [6.45, 7) is 3.31. The first kappa shape index (κ1) is 17.4. The summed E-state index contributed by atoms with van der Waals surface area (Å²) >= 11 is 0. The van der Waals surface area contributed by atoms with E-state index in [0.717, 1.165) is 42.0 Å². The zero-order valence-electron chi connectivity index (χ0n) is 15.4. The van der Waals surface area contributed by atoms with Gasteiger partial charge in [-0.1, -0.05) is 12.1 Å². The number of fused-ring (bicyclic) bond motifs is 1. The summed E-state index contributed by atoms with van der Waals surface area (Å²) in [6.07, 6.45) is 1.88. The topological polar surface area (TPSA) is 67.5 Å². The number of hydrogen-bond acceptors (Lipinski definition) is 4.